The van der Waals surface area contributed by atoms with Gasteiger partial charge in [-0.3, -0.25) is 0 Å². The number of aliphatic hydroxyl groups excluding tert-OH is 1. The molecule has 3 nitrogen and oxygen atoms in total. The number of anilines is 1. The van der Waals surface area contributed by atoms with Crippen LogP contribution in [-0.4, -0.2) is 36.9 Å². The quantitative estimate of drug-likeness (QED) is 0.878. The Hall–Kier alpha value is -1.06. The van der Waals surface area contributed by atoms with Gasteiger partial charge in [0.05, 0.1) is 6.61 Å². The molecule has 2 unspecified atom stereocenters. The summed E-state index contributed by atoms with van der Waals surface area (Å²) in [5, 5.41) is 13.0. The van der Waals surface area contributed by atoms with Crippen LogP contribution in [-0.2, 0) is 0 Å². The number of nitrogens with one attached hydrogen (secondary N) is 1. The zero-order chi connectivity index (χ0) is 13.8. The van der Waals surface area contributed by atoms with Crippen LogP contribution in [0.1, 0.15) is 38.7 Å². The van der Waals surface area contributed by atoms with Crippen molar-refractivity contribution in [3.8, 4) is 0 Å². The monoisotopic (exact) mass is 262 g/mol. The van der Waals surface area contributed by atoms with Gasteiger partial charge in [-0.25, -0.2) is 0 Å². The maximum atomic E-state index is 9.49. The van der Waals surface area contributed by atoms with Crippen LogP contribution in [0.3, 0.4) is 0 Å². The van der Waals surface area contributed by atoms with Crippen molar-refractivity contribution in [2.45, 2.75) is 45.2 Å². The number of rotatable bonds is 3. The fourth-order valence-corrected chi connectivity index (χ4v) is 2.84. The molecule has 0 amide bonds. The van der Waals surface area contributed by atoms with Gasteiger partial charge in [0.1, 0.15) is 0 Å². The minimum atomic E-state index is 0.165. The van der Waals surface area contributed by atoms with Crippen LogP contribution in [0, 0.1) is 0 Å². The fraction of sp³-hybridized carbons (Fsp3) is 0.625. The van der Waals surface area contributed by atoms with E-state index in [1.165, 1.54) is 11.3 Å². The maximum absolute atomic E-state index is 9.49. The molecule has 1 aliphatic rings. The van der Waals surface area contributed by atoms with Crippen molar-refractivity contribution in [2.24, 2.45) is 0 Å². The van der Waals surface area contributed by atoms with E-state index in [1.807, 2.05) is 0 Å². The molecule has 1 heterocycles. The Kier molecular flexibility index (Phi) is 4.83. The van der Waals surface area contributed by atoms with Crippen LogP contribution in [0.25, 0.3) is 0 Å². The molecule has 0 aromatic heterocycles. The first-order chi connectivity index (χ1) is 9.11. The lowest BCUT2D eigenvalue weighted by molar-refractivity contribution is 0.240. The standard InChI is InChI=1S/C16H26N2O/c1-12(2)15-6-4-5-7-16(15)18-9-8-13(3)17-14(10-18)11-19/h4-7,12-14,17,19H,8-11H2,1-3H3. The van der Waals surface area contributed by atoms with Gasteiger partial charge in [-0.2, -0.15) is 0 Å². The van der Waals surface area contributed by atoms with Gasteiger partial charge >= 0.3 is 0 Å². The van der Waals surface area contributed by atoms with Gasteiger partial charge in [0, 0.05) is 30.9 Å². The van der Waals surface area contributed by atoms with Crippen molar-refractivity contribution in [1.82, 2.24) is 5.32 Å². The second kappa shape index (κ2) is 6.40. The van der Waals surface area contributed by atoms with E-state index < -0.39 is 0 Å². The summed E-state index contributed by atoms with van der Waals surface area (Å²) in [6.07, 6.45) is 1.11. The molecule has 0 aliphatic carbocycles. The van der Waals surface area contributed by atoms with Crippen molar-refractivity contribution in [2.75, 3.05) is 24.6 Å². The lowest BCUT2D eigenvalue weighted by atomic mass is 10.00. The summed E-state index contributed by atoms with van der Waals surface area (Å²) in [6.45, 7) is 8.80. The molecule has 19 heavy (non-hydrogen) atoms. The van der Waals surface area contributed by atoms with Gasteiger partial charge in [-0.05, 0) is 30.9 Å². The molecule has 2 rings (SSSR count). The van der Waals surface area contributed by atoms with Gasteiger partial charge in [0.2, 0.25) is 0 Å². The third kappa shape index (κ3) is 3.48. The van der Waals surface area contributed by atoms with Crippen LogP contribution in [0.15, 0.2) is 24.3 Å². The zero-order valence-electron chi connectivity index (χ0n) is 12.3. The maximum Gasteiger partial charge on any atom is 0.0602 e. The Morgan fingerprint density at radius 1 is 1.37 bits per heavy atom. The molecular weight excluding hydrogens is 236 g/mol. The van der Waals surface area contributed by atoms with E-state index in [4.69, 9.17) is 0 Å². The molecule has 0 bridgehead atoms. The summed E-state index contributed by atoms with van der Waals surface area (Å²) < 4.78 is 0. The normalized spacial score (nSPS) is 24.6. The summed E-state index contributed by atoms with van der Waals surface area (Å²) in [5.41, 5.74) is 2.72. The molecule has 3 heteroatoms. The molecule has 1 aromatic rings. The Labute approximate surface area is 116 Å². The second-order valence-electron chi connectivity index (χ2n) is 5.90. The number of hydrogen-bond acceptors (Lipinski definition) is 3. The molecule has 2 N–H and O–H groups in total. The molecule has 0 radical (unpaired) electrons. The molecule has 0 spiro atoms. The molecule has 0 saturated carbocycles. The smallest absolute Gasteiger partial charge is 0.0602 e. The highest BCUT2D eigenvalue weighted by Crippen LogP contribution is 2.28. The first-order valence-corrected chi connectivity index (χ1v) is 7.32. The van der Waals surface area contributed by atoms with Gasteiger partial charge in [0.25, 0.3) is 0 Å². The van der Waals surface area contributed by atoms with E-state index in [0.717, 1.165) is 19.5 Å². The predicted molar refractivity (Wildman–Crippen MR) is 80.8 cm³/mol. The number of nitrogens with zero attached hydrogens (tertiary/aromatic N) is 1. The van der Waals surface area contributed by atoms with E-state index in [0.29, 0.717) is 12.0 Å². The molecule has 106 valence electrons. The van der Waals surface area contributed by atoms with E-state index in [-0.39, 0.29) is 12.6 Å². The lowest BCUT2D eigenvalue weighted by Crippen LogP contribution is -2.42. The molecule has 2 atom stereocenters. The van der Waals surface area contributed by atoms with Crippen molar-refractivity contribution in [3.63, 3.8) is 0 Å². The molecule has 1 saturated heterocycles. The van der Waals surface area contributed by atoms with Gasteiger partial charge < -0.3 is 15.3 Å². The molecule has 1 fully saturated rings. The third-order valence-corrected chi connectivity index (χ3v) is 3.91. The van der Waals surface area contributed by atoms with Crippen molar-refractivity contribution in [3.05, 3.63) is 29.8 Å². The average molecular weight is 262 g/mol. The number of benzene rings is 1. The van der Waals surface area contributed by atoms with Crippen LogP contribution >= 0.6 is 0 Å². The Morgan fingerprint density at radius 3 is 2.79 bits per heavy atom. The lowest BCUT2D eigenvalue weighted by Gasteiger charge is -2.28. The first kappa shape index (κ1) is 14.4. The van der Waals surface area contributed by atoms with E-state index in [9.17, 15) is 5.11 Å². The van der Waals surface area contributed by atoms with Crippen molar-refractivity contribution in [1.29, 1.82) is 0 Å². The van der Waals surface area contributed by atoms with Gasteiger partial charge in [-0.15, -0.1) is 0 Å². The first-order valence-electron chi connectivity index (χ1n) is 7.32. The van der Waals surface area contributed by atoms with Crippen LogP contribution in [0.2, 0.25) is 0 Å². The molecule has 1 aliphatic heterocycles. The van der Waals surface area contributed by atoms with Crippen LogP contribution < -0.4 is 10.2 Å². The summed E-state index contributed by atoms with van der Waals surface area (Å²) in [5.74, 6) is 0.525. The van der Waals surface area contributed by atoms with Crippen molar-refractivity contribution < 1.29 is 5.11 Å². The third-order valence-electron chi connectivity index (χ3n) is 3.91. The highest BCUT2D eigenvalue weighted by atomic mass is 16.3. The zero-order valence-corrected chi connectivity index (χ0v) is 12.3. The second-order valence-corrected chi connectivity index (χ2v) is 5.90. The number of para-hydroxylation sites is 1. The molecular formula is C16H26N2O. The Bertz CT molecular complexity index is 405. The predicted octanol–water partition coefficient (Wildman–Crippen LogP) is 2.36. The SMILES string of the molecule is CC1CCN(c2ccccc2C(C)C)CC(CO)N1. The highest BCUT2D eigenvalue weighted by Gasteiger charge is 2.22. The van der Waals surface area contributed by atoms with E-state index in [2.05, 4.69) is 55.3 Å². The number of aliphatic hydroxyl groups is 1. The van der Waals surface area contributed by atoms with Gasteiger partial charge in [-0.1, -0.05) is 32.0 Å². The largest absolute Gasteiger partial charge is 0.395 e. The summed E-state index contributed by atoms with van der Waals surface area (Å²) in [4.78, 5) is 2.42. The van der Waals surface area contributed by atoms with Crippen LogP contribution in [0.5, 0.6) is 0 Å². The van der Waals surface area contributed by atoms with Crippen molar-refractivity contribution >= 4 is 5.69 Å². The minimum absolute atomic E-state index is 0.165. The minimum Gasteiger partial charge on any atom is -0.395 e. The summed E-state index contributed by atoms with van der Waals surface area (Å²) in [6, 6.07) is 9.28. The number of hydrogen-bond donors (Lipinski definition) is 2. The van der Waals surface area contributed by atoms with Crippen LogP contribution in [0.4, 0.5) is 5.69 Å². The topological polar surface area (TPSA) is 35.5 Å². The molecule has 1 aromatic carbocycles. The van der Waals surface area contributed by atoms with Gasteiger partial charge in [0.15, 0.2) is 0 Å². The summed E-state index contributed by atoms with van der Waals surface area (Å²) >= 11 is 0. The average Bonchev–Trinajstić information content (AvgIpc) is 2.60. The van der Waals surface area contributed by atoms with E-state index in [1.54, 1.807) is 0 Å². The summed E-state index contributed by atoms with van der Waals surface area (Å²) in [7, 11) is 0. The van der Waals surface area contributed by atoms with E-state index >= 15 is 0 Å². The highest BCUT2D eigenvalue weighted by molar-refractivity contribution is 5.55. The Morgan fingerprint density at radius 2 is 2.11 bits per heavy atom. The Balaban J connectivity index is 2.24. The fourth-order valence-electron chi connectivity index (χ4n) is 2.84.